The van der Waals surface area contributed by atoms with Crippen LogP contribution in [-0.4, -0.2) is 55.6 Å². The van der Waals surface area contributed by atoms with E-state index < -0.39 is 6.10 Å². The van der Waals surface area contributed by atoms with Crippen LogP contribution in [0.5, 0.6) is 5.75 Å². The van der Waals surface area contributed by atoms with Gasteiger partial charge in [-0.1, -0.05) is 12.1 Å². The van der Waals surface area contributed by atoms with E-state index in [9.17, 15) is 9.90 Å². The molecule has 1 aromatic heterocycles. The second-order valence-electron chi connectivity index (χ2n) is 6.46. The number of nitrogens with zero attached hydrogens (tertiary/aromatic N) is 1. The van der Waals surface area contributed by atoms with Crippen molar-refractivity contribution in [1.82, 2.24) is 4.90 Å². The molecule has 6 heteroatoms. The Labute approximate surface area is 150 Å². The molecule has 3 aromatic rings. The molecule has 26 heavy (non-hydrogen) atoms. The van der Waals surface area contributed by atoms with Crippen LogP contribution in [0.3, 0.4) is 0 Å². The van der Waals surface area contributed by atoms with Crippen LogP contribution in [0.15, 0.2) is 51.7 Å². The molecule has 2 aromatic carbocycles. The minimum absolute atomic E-state index is 0.0823. The summed E-state index contributed by atoms with van der Waals surface area (Å²) in [6, 6.07) is 12.3. The molecule has 2 heterocycles. The maximum atomic E-state index is 12.7. The van der Waals surface area contributed by atoms with Gasteiger partial charge in [0.1, 0.15) is 29.6 Å². The average Bonchev–Trinajstić information content (AvgIpc) is 2.68. The third-order valence-corrected chi connectivity index (χ3v) is 4.56. The first-order valence-electron chi connectivity index (χ1n) is 8.77. The van der Waals surface area contributed by atoms with Crippen LogP contribution in [0, 0.1) is 0 Å². The van der Waals surface area contributed by atoms with Crippen LogP contribution in [0.2, 0.25) is 0 Å². The lowest BCUT2D eigenvalue weighted by molar-refractivity contribution is 0.00466. The molecule has 1 fully saturated rings. The van der Waals surface area contributed by atoms with E-state index >= 15 is 0 Å². The number of rotatable bonds is 5. The Hall–Kier alpha value is -2.41. The molecule has 6 nitrogen and oxygen atoms in total. The third-order valence-electron chi connectivity index (χ3n) is 4.56. The van der Waals surface area contributed by atoms with Crippen LogP contribution in [0.1, 0.15) is 0 Å². The minimum Gasteiger partial charge on any atom is -0.491 e. The molecule has 1 unspecified atom stereocenters. The van der Waals surface area contributed by atoms with Crippen molar-refractivity contribution in [3.8, 4) is 5.75 Å². The van der Waals surface area contributed by atoms with E-state index in [1.54, 1.807) is 30.3 Å². The maximum absolute atomic E-state index is 12.7. The van der Waals surface area contributed by atoms with Crippen molar-refractivity contribution in [2.24, 2.45) is 0 Å². The zero-order chi connectivity index (χ0) is 17.9. The SMILES string of the molecule is O=c1c2ccccc2oc2ccc(OCC(O)CN3CCOCC3)cc12. The summed E-state index contributed by atoms with van der Waals surface area (Å²) in [6.07, 6.45) is -0.600. The molecule has 1 atom stereocenters. The molecule has 136 valence electrons. The number of aliphatic hydroxyl groups excluding tert-OH is 1. The first kappa shape index (κ1) is 17.0. The van der Waals surface area contributed by atoms with E-state index in [0.29, 0.717) is 47.4 Å². The van der Waals surface area contributed by atoms with Gasteiger partial charge in [-0.3, -0.25) is 9.69 Å². The smallest absolute Gasteiger partial charge is 0.200 e. The largest absolute Gasteiger partial charge is 0.491 e. The number of hydrogen-bond acceptors (Lipinski definition) is 6. The van der Waals surface area contributed by atoms with E-state index in [-0.39, 0.29) is 12.0 Å². The van der Waals surface area contributed by atoms with Crippen LogP contribution in [0.4, 0.5) is 0 Å². The standard InChI is InChI=1S/C20H21NO5/c22-14(12-21-7-9-24-10-8-21)13-25-15-5-6-19-17(11-15)20(23)16-3-1-2-4-18(16)26-19/h1-6,11,14,22H,7-10,12-13H2. The number of hydrogen-bond donors (Lipinski definition) is 1. The predicted octanol–water partition coefficient (Wildman–Crippen LogP) is 2.02. The maximum Gasteiger partial charge on any atom is 0.200 e. The number of aliphatic hydroxyl groups is 1. The highest BCUT2D eigenvalue weighted by Crippen LogP contribution is 2.22. The van der Waals surface area contributed by atoms with Gasteiger partial charge in [0.05, 0.1) is 24.0 Å². The Morgan fingerprint density at radius 2 is 1.85 bits per heavy atom. The van der Waals surface area contributed by atoms with Crippen molar-refractivity contribution in [2.75, 3.05) is 39.5 Å². The zero-order valence-electron chi connectivity index (χ0n) is 14.4. The van der Waals surface area contributed by atoms with E-state index in [2.05, 4.69) is 4.90 Å². The van der Waals surface area contributed by atoms with Crippen molar-refractivity contribution in [2.45, 2.75) is 6.10 Å². The van der Waals surface area contributed by atoms with Gasteiger partial charge in [0.2, 0.25) is 5.43 Å². The Kier molecular flexibility index (Phi) is 4.88. The molecule has 0 bridgehead atoms. The molecule has 0 aliphatic carbocycles. The molecule has 0 amide bonds. The van der Waals surface area contributed by atoms with Gasteiger partial charge in [0, 0.05) is 19.6 Å². The predicted molar refractivity (Wildman–Crippen MR) is 98.8 cm³/mol. The summed E-state index contributed by atoms with van der Waals surface area (Å²) in [6.45, 7) is 3.75. The first-order valence-corrected chi connectivity index (χ1v) is 8.77. The second kappa shape index (κ2) is 7.45. The molecular formula is C20H21NO5. The van der Waals surface area contributed by atoms with E-state index in [1.165, 1.54) is 0 Å². The lowest BCUT2D eigenvalue weighted by atomic mass is 10.1. The van der Waals surface area contributed by atoms with E-state index in [4.69, 9.17) is 13.9 Å². The summed E-state index contributed by atoms with van der Waals surface area (Å²) in [5.74, 6) is 0.543. The highest BCUT2D eigenvalue weighted by Gasteiger charge is 2.15. The van der Waals surface area contributed by atoms with E-state index in [0.717, 1.165) is 13.1 Å². The van der Waals surface area contributed by atoms with Gasteiger partial charge in [0.15, 0.2) is 0 Å². The molecular weight excluding hydrogens is 334 g/mol. The van der Waals surface area contributed by atoms with Gasteiger partial charge in [-0.15, -0.1) is 0 Å². The summed E-state index contributed by atoms with van der Waals surface area (Å²) in [7, 11) is 0. The molecule has 1 aliphatic rings. The van der Waals surface area contributed by atoms with Crippen LogP contribution in [-0.2, 0) is 4.74 Å². The molecule has 0 radical (unpaired) electrons. The fourth-order valence-corrected chi connectivity index (χ4v) is 3.20. The van der Waals surface area contributed by atoms with E-state index in [1.807, 2.05) is 12.1 Å². The minimum atomic E-state index is -0.600. The normalized spacial score (nSPS) is 16.8. The summed E-state index contributed by atoms with van der Waals surface area (Å²) < 4.78 is 16.8. The zero-order valence-corrected chi connectivity index (χ0v) is 14.4. The van der Waals surface area contributed by atoms with Gasteiger partial charge < -0.3 is 19.0 Å². The van der Waals surface area contributed by atoms with Gasteiger partial charge >= 0.3 is 0 Å². The van der Waals surface area contributed by atoms with Gasteiger partial charge in [-0.2, -0.15) is 0 Å². The summed E-state index contributed by atoms with van der Waals surface area (Å²) >= 11 is 0. The fourth-order valence-electron chi connectivity index (χ4n) is 3.20. The van der Waals surface area contributed by atoms with Gasteiger partial charge in [0.25, 0.3) is 0 Å². The summed E-state index contributed by atoms with van der Waals surface area (Å²) in [5, 5.41) is 11.2. The topological polar surface area (TPSA) is 72.1 Å². The Bertz CT molecular complexity index is 961. The molecule has 0 saturated carbocycles. The van der Waals surface area contributed by atoms with Crippen molar-refractivity contribution in [3.05, 3.63) is 52.7 Å². The van der Waals surface area contributed by atoms with Crippen LogP contribution < -0.4 is 10.2 Å². The quantitative estimate of drug-likeness (QED) is 0.706. The van der Waals surface area contributed by atoms with Crippen molar-refractivity contribution < 1.29 is 19.0 Å². The Balaban J connectivity index is 1.49. The molecule has 1 N–H and O–H groups in total. The molecule has 1 saturated heterocycles. The number of fused-ring (bicyclic) bond motifs is 2. The lowest BCUT2D eigenvalue weighted by Crippen LogP contribution is -2.42. The van der Waals surface area contributed by atoms with Crippen molar-refractivity contribution in [1.29, 1.82) is 0 Å². The number of β-amino-alcohol motifs (C(OH)–C–C–N with tert-alkyl or cyclic N) is 1. The van der Waals surface area contributed by atoms with Crippen molar-refractivity contribution >= 4 is 21.9 Å². The highest BCUT2D eigenvalue weighted by atomic mass is 16.5. The number of ether oxygens (including phenoxy) is 2. The third kappa shape index (κ3) is 3.58. The first-order chi connectivity index (χ1) is 12.7. The number of para-hydroxylation sites is 1. The fraction of sp³-hybridized carbons (Fsp3) is 0.350. The Morgan fingerprint density at radius 1 is 1.08 bits per heavy atom. The second-order valence-corrected chi connectivity index (χ2v) is 6.46. The lowest BCUT2D eigenvalue weighted by Gasteiger charge is -2.28. The Morgan fingerprint density at radius 3 is 2.69 bits per heavy atom. The molecule has 4 rings (SSSR count). The highest BCUT2D eigenvalue weighted by molar-refractivity contribution is 5.90. The molecule has 0 spiro atoms. The monoisotopic (exact) mass is 355 g/mol. The molecule has 1 aliphatic heterocycles. The summed E-state index contributed by atoms with van der Waals surface area (Å²) in [5.41, 5.74) is 1.01. The van der Waals surface area contributed by atoms with Crippen LogP contribution >= 0.6 is 0 Å². The van der Waals surface area contributed by atoms with Crippen LogP contribution in [0.25, 0.3) is 21.9 Å². The number of morpholine rings is 1. The van der Waals surface area contributed by atoms with Gasteiger partial charge in [-0.25, -0.2) is 0 Å². The summed E-state index contributed by atoms with van der Waals surface area (Å²) in [4.78, 5) is 14.8. The van der Waals surface area contributed by atoms with Gasteiger partial charge in [-0.05, 0) is 30.3 Å². The average molecular weight is 355 g/mol. The number of benzene rings is 2. The van der Waals surface area contributed by atoms with Crippen molar-refractivity contribution in [3.63, 3.8) is 0 Å².